The standard InChI is InChI=1S/C17H25N3O2S/c1-12-5-4-6-13(2)17(12)19-15(21)10-20(3)16(22)9-14-11-23-8-7-18-14/h4-6,14,18H,7-11H2,1-3H3,(H,19,21). The van der Waals surface area contributed by atoms with Gasteiger partial charge in [0.1, 0.15) is 0 Å². The fourth-order valence-corrected chi connectivity index (χ4v) is 3.56. The molecule has 5 nitrogen and oxygen atoms in total. The lowest BCUT2D eigenvalue weighted by atomic mass is 10.1. The molecule has 1 unspecified atom stereocenters. The fraction of sp³-hybridized carbons (Fsp3) is 0.529. The van der Waals surface area contributed by atoms with Crippen molar-refractivity contribution >= 4 is 29.3 Å². The number of nitrogens with zero attached hydrogens (tertiary/aromatic N) is 1. The average Bonchev–Trinajstić information content (AvgIpc) is 2.52. The van der Waals surface area contributed by atoms with Gasteiger partial charge >= 0.3 is 0 Å². The van der Waals surface area contributed by atoms with Crippen LogP contribution < -0.4 is 10.6 Å². The van der Waals surface area contributed by atoms with Crippen LogP contribution in [0.4, 0.5) is 5.69 Å². The molecule has 126 valence electrons. The topological polar surface area (TPSA) is 61.4 Å². The van der Waals surface area contributed by atoms with E-state index >= 15 is 0 Å². The normalized spacial score (nSPS) is 17.6. The van der Waals surface area contributed by atoms with Crippen molar-refractivity contribution < 1.29 is 9.59 Å². The van der Waals surface area contributed by atoms with E-state index in [1.807, 2.05) is 43.8 Å². The summed E-state index contributed by atoms with van der Waals surface area (Å²) in [7, 11) is 1.68. The zero-order valence-corrected chi connectivity index (χ0v) is 14.8. The molecule has 1 fully saturated rings. The smallest absolute Gasteiger partial charge is 0.243 e. The van der Waals surface area contributed by atoms with E-state index in [4.69, 9.17) is 0 Å². The molecule has 6 heteroatoms. The molecule has 0 bridgehead atoms. The number of aryl methyl sites for hydroxylation is 2. The van der Waals surface area contributed by atoms with Crippen molar-refractivity contribution in [2.75, 3.05) is 37.0 Å². The van der Waals surface area contributed by atoms with Crippen LogP contribution in [0.15, 0.2) is 18.2 Å². The second-order valence-electron chi connectivity index (χ2n) is 5.99. The molecule has 1 heterocycles. The summed E-state index contributed by atoms with van der Waals surface area (Å²) in [5.41, 5.74) is 2.88. The fourth-order valence-electron chi connectivity index (χ4n) is 2.61. The van der Waals surface area contributed by atoms with Crippen LogP contribution in [0.1, 0.15) is 17.5 Å². The van der Waals surface area contributed by atoms with Crippen molar-refractivity contribution in [3.8, 4) is 0 Å². The number of thioether (sulfide) groups is 1. The lowest BCUT2D eigenvalue weighted by Crippen LogP contribution is -2.43. The number of hydrogen-bond acceptors (Lipinski definition) is 4. The molecule has 0 radical (unpaired) electrons. The summed E-state index contributed by atoms with van der Waals surface area (Å²) in [6.07, 6.45) is 0.445. The summed E-state index contributed by atoms with van der Waals surface area (Å²) in [4.78, 5) is 25.9. The van der Waals surface area contributed by atoms with E-state index in [-0.39, 0.29) is 24.4 Å². The van der Waals surface area contributed by atoms with Crippen molar-refractivity contribution in [1.29, 1.82) is 0 Å². The van der Waals surface area contributed by atoms with Gasteiger partial charge in [-0.2, -0.15) is 11.8 Å². The van der Waals surface area contributed by atoms with Crippen LogP contribution in [-0.2, 0) is 9.59 Å². The summed E-state index contributed by atoms with van der Waals surface area (Å²) < 4.78 is 0. The summed E-state index contributed by atoms with van der Waals surface area (Å²) in [5, 5.41) is 6.26. The number of rotatable bonds is 5. The Balaban J connectivity index is 1.85. The third-order valence-corrected chi connectivity index (χ3v) is 5.10. The summed E-state index contributed by atoms with van der Waals surface area (Å²) in [6.45, 7) is 4.94. The molecule has 2 rings (SSSR count). The molecule has 1 aliphatic rings. The van der Waals surface area contributed by atoms with E-state index in [1.165, 1.54) is 4.90 Å². The van der Waals surface area contributed by atoms with Crippen LogP contribution >= 0.6 is 11.8 Å². The minimum Gasteiger partial charge on any atom is -0.336 e. The highest BCUT2D eigenvalue weighted by atomic mass is 32.2. The lowest BCUT2D eigenvalue weighted by Gasteiger charge is -2.25. The first kappa shape index (κ1) is 17.8. The van der Waals surface area contributed by atoms with Crippen LogP contribution in [0.5, 0.6) is 0 Å². The van der Waals surface area contributed by atoms with Gasteiger partial charge in [0.2, 0.25) is 11.8 Å². The van der Waals surface area contributed by atoms with Crippen molar-refractivity contribution in [1.82, 2.24) is 10.2 Å². The van der Waals surface area contributed by atoms with Crippen molar-refractivity contribution in [2.45, 2.75) is 26.3 Å². The van der Waals surface area contributed by atoms with Gasteiger partial charge in [-0.25, -0.2) is 0 Å². The van der Waals surface area contributed by atoms with Gasteiger partial charge < -0.3 is 15.5 Å². The Morgan fingerprint density at radius 1 is 1.35 bits per heavy atom. The number of carbonyl (C=O) groups is 2. The third kappa shape index (κ3) is 5.25. The second kappa shape index (κ2) is 8.36. The molecular formula is C17H25N3O2S. The van der Waals surface area contributed by atoms with Crippen molar-refractivity contribution in [2.24, 2.45) is 0 Å². The van der Waals surface area contributed by atoms with Gasteiger partial charge in [-0.3, -0.25) is 9.59 Å². The Kier molecular flexibility index (Phi) is 6.47. The second-order valence-corrected chi connectivity index (χ2v) is 7.14. The van der Waals surface area contributed by atoms with Gasteiger partial charge in [0.25, 0.3) is 0 Å². The largest absolute Gasteiger partial charge is 0.336 e. The molecule has 2 amide bonds. The molecule has 1 aliphatic heterocycles. The number of likely N-dealkylation sites (N-methyl/N-ethyl adjacent to an activating group) is 1. The van der Waals surface area contributed by atoms with Crippen molar-refractivity contribution in [3.63, 3.8) is 0 Å². The predicted octanol–water partition coefficient (Wildman–Crippen LogP) is 1.80. The molecule has 0 spiro atoms. The zero-order chi connectivity index (χ0) is 16.8. The first-order valence-electron chi connectivity index (χ1n) is 7.88. The highest BCUT2D eigenvalue weighted by Gasteiger charge is 2.20. The average molecular weight is 335 g/mol. The molecule has 1 aromatic rings. The number of anilines is 1. The molecule has 0 aromatic heterocycles. The Bertz CT molecular complexity index is 551. The molecule has 23 heavy (non-hydrogen) atoms. The Morgan fingerprint density at radius 3 is 2.65 bits per heavy atom. The van der Waals surface area contributed by atoms with Crippen molar-refractivity contribution in [3.05, 3.63) is 29.3 Å². The first-order valence-corrected chi connectivity index (χ1v) is 9.04. The van der Waals surface area contributed by atoms with Gasteiger partial charge in [0.05, 0.1) is 6.54 Å². The Morgan fingerprint density at radius 2 is 2.04 bits per heavy atom. The number of benzene rings is 1. The van der Waals surface area contributed by atoms with Crippen LogP contribution in [0.25, 0.3) is 0 Å². The maximum atomic E-state index is 12.2. The highest BCUT2D eigenvalue weighted by molar-refractivity contribution is 7.99. The van der Waals surface area contributed by atoms with Gasteiger partial charge in [-0.1, -0.05) is 18.2 Å². The van der Waals surface area contributed by atoms with Crippen LogP contribution in [0.3, 0.4) is 0 Å². The number of carbonyl (C=O) groups excluding carboxylic acids is 2. The number of para-hydroxylation sites is 1. The summed E-state index contributed by atoms with van der Waals surface area (Å²) >= 11 is 1.86. The van der Waals surface area contributed by atoms with E-state index in [1.54, 1.807) is 7.05 Å². The van der Waals surface area contributed by atoms with E-state index < -0.39 is 0 Å². The SMILES string of the molecule is Cc1cccc(C)c1NC(=O)CN(C)C(=O)CC1CSCCN1. The minimum absolute atomic E-state index is 0.00153. The van der Waals surface area contributed by atoms with Gasteiger partial charge in [0.15, 0.2) is 0 Å². The molecular weight excluding hydrogens is 310 g/mol. The Labute approximate surface area is 142 Å². The molecule has 1 saturated heterocycles. The van der Waals surface area contributed by atoms with Gasteiger partial charge in [0, 0.05) is 43.2 Å². The summed E-state index contributed by atoms with van der Waals surface area (Å²) in [6, 6.07) is 6.10. The monoisotopic (exact) mass is 335 g/mol. The first-order chi connectivity index (χ1) is 11.0. The number of amides is 2. The molecule has 1 aromatic carbocycles. The number of hydrogen-bond donors (Lipinski definition) is 2. The Hall–Kier alpha value is -1.53. The zero-order valence-electron chi connectivity index (χ0n) is 14.0. The van der Waals surface area contributed by atoms with Crippen LogP contribution in [0.2, 0.25) is 0 Å². The quantitative estimate of drug-likeness (QED) is 0.861. The number of nitrogens with one attached hydrogen (secondary N) is 2. The minimum atomic E-state index is -0.163. The lowest BCUT2D eigenvalue weighted by molar-refractivity contribution is -0.133. The van der Waals surface area contributed by atoms with E-state index in [0.29, 0.717) is 6.42 Å². The molecule has 0 saturated carbocycles. The van der Waals surface area contributed by atoms with E-state index in [9.17, 15) is 9.59 Å². The molecule has 1 atom stereocenters. The highest BCUT2D eigenvalue weighted by Crippen LogP contribution is 2.19. The third-order valence-electron chi connectivity index (χ3n) is 3.97. The van der Waals surface area contributed by atoms with E-state index in [0.717, 1.165) is 34.9 Å². The predicted molar refractivity (Wildman–Crippen MR) is 95.9 cm³/mol. The molecule has 0 aliphatic carbocycles. The maximum absolute atomic E-state index is 12.2. The van der Waals surface area contributed by atoms with E-state index in [2.05, 4.69) is 10.6 Å². The summed E-state index contributed by atoms with van der Waals surface area (Å²) in [5.74, 6) is 1.89. The van der Waals surface area contributed by atoms with Gasteiger partial charge in [-0.05, 0) is 25.0 Å². The van der Waals surface area contributed by atoms with Crippen LogP contribution in [-0.4, -0.2) is 54.4 Å². The maximum Gasteiger partial charge on any atom is 0.243 e. The van der Waals surface area contributed by atoms with Gasteiger partial charge in [-0.15, -0.1) is 0 Å². The molecule has 2 N–H and O–H groups in total. The van der Waals surface area contributed by atoms with Crippen LogP contribution in [0, 0.1) is 13.8 Å².